The fourth-order valence-corrected chi connectivity index (χ4v) is 2.50. The summed E-state index contributed by atoms with van der Waals surface area (Å²) in [5.74, 6) is -0.168. The Balaban J connectivity index is 2.60. The molecule has 1 aromatic carbocycles. The molecule has 1 nitrogen and oxygen atoms in total. The number of anilines is 1. The van der Waals surface area contributed by atoms with Gasteiger partial charge in [-0.3, -0.25) is 0 Å². The molecule has 1 aliphatic rings. The summed E-state index contributed by atoms with van der Waals surface area (Å²) in [4.78, 5) is 0. The Bertz CT molecular complexity index is 378. The van der Waals surface area contributed by atoms with Crippen LogP contribution in [0.4, 0.5) is 10.1 Å². The zero-order valence-electron chi connectivity index (χ0n) is 8.32. The second-order valence-corrected chi connectivity index (χ2v) is 4.93. The Morgan fingerprint density at radius 2 is 2.29 bits per heavy atom. The molecule has 0 aromatic heterocycles. The Morgan fingerprint density at radius 1 is 1.57 bits per heavy atom. The minimum Gasteiger partial charge on any atom is -0.383 e. The van der Waals surface area contributed by atoms with Crippen LogP contribution in [-0.2, 0) is 5.41 Å². The van der Waals surface area contributed by atoms with Crippen molar-refractivity contribution < 1.29 is 4.39 Å². The molecule has 1 aromatic rings. The van der Waals surface area contributed by atoms with Gasteiger partial charge in [-0.15, -0.1) is 0 Å². The van der Waals surface area contributed by atoms with Crippen molar-refractivity contribution in [2.24, 2.45) is 0 Å². The van der Waals surface area contributed by atoms with Gasteiger partial charge in [0.2, 0.25) is 0 Å². The van der Waals surface area contributed by atoms with Gasteiger partial charge in [0.05, 0.1) is 5.69 Å². The average molecular weight is 258 g/mol. The molecular weight excluding hydrogens is 245 g/mol. The molecule has 14 heavy (non-hydrogen) atoms. The van der Waals surface area contributed by atoms with Crippen LogP contribution in [0.3, 0.4) is 0 Å². The van der Waals surface area contributed by atoms with Gasteiger partial charge in [0.25, 0.3) is 0 Å². The lowest BCUT2D eigenvalue weighted by molar-refractivity contribution is 0.499. The van der Waals surface area contributed by atoms with E-state index in [1.54, 1.807) is 6.07 Å². The van der Waals surface area contributed by atoms with Crippen molar-refractivity contribution in [1.29, 1.82) is 0 Å². The lowest BCUT2D eigenvalue weighted by Gasteiger charge is -2.21. The van der Waals surface area contributed by atoms with Crippen molar-refractivity contribution in [2.75, 3.05) is 11.9 Å². The van der Waals surface area contributed by atoms with Crippen LogP contribution in [-0.4, -0.2) is 6.54 Å². The highest BCUT2D eigenvalue weighted by Crippen LogP contribution is 2.42. The first-order valence-electron chi connectivity index (χ1n) is 4.80. The molecule has 1 aliphatic heterocycles. The smallest absolute Gasteiger partial charge is 0.124 e. The number of rotatable bonds is 1. The van der Waals surface area contributed by atoms with Crippen molar-refractivity contribution in [3.63, 3.8) is 0 Å². The largest absolute Gasteiger partial charge is 0.383 e. The number of halogens is 2. The van der Waals surface area contributed by atoms with E-state index in [1.807, 2.05) is 0 Å². The monoisotopic (exact) mass is 257 g/mol. The van der Waals surface area contributed by atoms with Gasteiger partial charge in [-0.2, -0.15) is 0 Å². The lowest BCUT2D eigenvalue weighted by Crippen LogP contribution is -2.22. The van der Waals surface area contributed by atoms with Crippen LogP contribution < -0.4 is 5.32 Å². The van der Waals surface area contributed by atoms with E-state index in [1.165, 1.54) is 6.07 Å². The van der Waals surface area contributed by atoms with Crippen LogP contribution in [0.1, 0.15) is 25.8 Å². The number of fused-ring (bicyclic) bond motifs is 1. The van der Waals surface area contributed by atoms with Crippen LogP contribution in [0.2, 0.25) is 0 Å². The number of nitrogens with one attached hydrogen (secondary N) is 1. The van der Waals surface area contributed by atoms with E-state index in [-0.39, 0.29) is 11.2 Å². The normalized spacial score (nSPS) is 24.6. The third-order valence-electron chi connectivity index (χ3n) is 3.14. The van der Waals surface area contributed by atoms with E-state index in [0.29, 0.717) is 0 Å². The Morgan fingerprint density at radius 3 is 2.93 bits per heavy atom. The van der Waals surface area contributed by atoms with Crippen LogP contribution in [0.5, 0.6) is 0 Å². The predicted molar refractivity (Wildman–Crippen MR) is 60.2 cm³/mol. The summed E-state index contributed by atoms with van der Waals surface area (Å²) in [6.45, 7) is 5.19. The second kappa shape index (κ2) is 3.23. The molecule has 2 rings (SSSR count). The highest BCUT2D eigenvalue weighted by atomic mass is 79.9. The highest BCUT2D eigenvalue weighted by molar-refractivity contribution is 9.10. The fourth-order valence-electron chi connectivity index (χ4n) is 1.92. The summed E-state index contributed by atoms with van der Waals surface area (Å²) in [5, 5.41) is 3.32. The number of benzene rings is 1. The van der Waals surface area contributed by atoms with Crippen molar-refractivity contribution in [2.45, 2.75) is 25.7 Å². The van der Waals surface area contributed by atoms with Gasteiger partial charge in [0, 0.05) is 16.4 Å². The summed E-state index contributed by atoms with van der Waals surface area (Å²) in [5.41, 5.74) is 2.21. The average Bonchev–Trinajstić information content (AvgIpc) is 2.46. The molecule has 0 spiro atoms. The van der Waals surface area contributed by atoms with E-state index in [2.05, 4.69) is 35.1 Å². The van der Waals surface area contributed by atoms with Crippen LogP contribution in [0.25, 0.3) is 0 Å². The fraction of sp³-hybridized carbons (Fsp3) is 0.455. The first kappa shape index (κ1) is 9.97. The molecule has 0 aliphatic carbocycles. The van der Waals surface area contributed by atoms with E-state index in [9.17, 15) is 4.39 Å². The third kappa shape index (κ3) is 1.34. The molecule has 1 unspecified atom stereocenters. The van der Waals surface area contributed by atoms with E-state index >= 15 is 0 Å². The molecule has 0 amide bonds. The summed E-state index contributed by atoms with van der Waals surface area (Å²) in [6.07, 6.45) is 1.02. The molecule has 0 bridgehead atoms. The zero-order valence-corrected chi connectivity index (χ0v) is 9.91. The number of hydrogen-bond acceptors (Lipinski definition) is 1. The molecule has 1 N–H and O–H groups in total. The molecule has 1 atom stereocenters. The Hall–Kier alpha value is -0.570. The summed E-state index contributed by atoms with van der Waals surface area (Å²) in [7, 11) is 0. The molecular formula is C11H13BrFN. The first-order chi connectivity index (χ1) is 6.57. The maximum Gasteiger partial charge on any atom is 0.124 e. The molecule has 76 valence electrons. The zero-order chi connectivity index (χ0) is 10.3. The van der Waals surface area contributed by atoms with Gasteiger partial charge in [-0.05, 0) is 40.0 Å². The minimum absolute atomic E-state index is 0.0694. The Kier molecular flexibility index (Phi) is 2.30. The lowest BCUT2D eigenvalue weighted by atomic mass is 9.82. The summed E-state index contributed by atoms with van der Waals surface area (Å²) in [6, 6.07) is 3.15. The Labute approximate surface area is 91.8 Å². The van der Waals surface area contributed by atoms with Gasteiger partial charge in [-0.25, -0.2) is 4.39 Å². The SMILES string of the molecule is CCC1(C)CNc2c(Br)cc(F)cc21. The molecule has 0 saturated carbocycles. The van der Waals surface area contributed by atoms with Crippen molar-refractivity contribution in [1.82, 2.24) is 0 Å². The standard InChI is InChI=1S/C11H13BrFN/c1-3-11(2)6-14-10-8(11)4-7(13)5-9(10)12/h4-5,14H,3,6H2,1-2H3. The summed E-state index contributed by atoms with van der Waals surface area (Å²) >= 11 is 3.38. The third-order valence-corrected chi connectivity index (χ3v) is 3.77. The van der Waals surface area contributed by atoms with Crippen LogP contribution in [0, 0.1) is 5.82 Å². The second-order valence-electron chi connectivity index (χ2n) is 4.08. The van der Waals surface area contributed by atoms with E-state index in [4.69, 9.17) is 0 Å². The van der Waals surface area contributed by atoms with Gasteiger partial charge in [0.15, 0.2) is 0 Å². The van der Waals surface area contributed by atoms with Gasteiger partial charge >= 0.3 is 0 Å². The van der Waals surface area contributed by atoms with Crippen LogP contribution >= 0.6 is 15.9 Å². The minimum atomic E-state index is -0.168. The van der Waals surface area contributed by atoms with Crippen molar-refractivity contribution >= 4 is 21.6 Å². The van der Waals surface area contributed by atoms with E-state index < -0.39 is 0 Å². The quantitative estimate of drug-likeness (QED) is 0.810. The maximum absolute atomic E-state index is 13.2. The van der Waals surface area contributed by atoms with Gasteiger partial charge < -0.3 is 5.32 Å². The maximum atomic E-state index is 13.2. The predicted octanol–water partition coefficient (Wildman–Crippen LogP) is 3.68. The van der Waals surface area contributed by atoms with Gasteiger partial charge in [-0.1, -0.05) is 13.8 Å². The van der Waals surface area contributed by atoms with Crippen molar-refractivity contribution in [3.05, 3.63) is 28.0 Å². The topological polar surface area (TPSA) is 12.0 Å². The molecule has 0 radical (unpaired) electrons. The highest BCUT2D eigenvalue weighted by Gasteiger charge is 2.34. The van der Waals surface area contributed by atoms with Crippen LogP contribution in [0.15, 0.2) is 16.6 Å². The molecule has 1 heterocycles. The van der Waals surface area contributed by atoms with Gasteiger partial charge in [0.1, 0.15) is 5.82 Å². The molecule has 3 heteroatoms. The molecule has 0 fully saturated rings. The summed E-state index contributed by atoms with van der Waals surface area (Å²) < 4.78 is 14.1. The molecule has 0 saturated heterocycles. The van der Waals surface area contributed by atoms with Crippen molar-refractivity contribution in [3.8, 4) is 0 Å². The van der Waals surface area contributed by atoms with E-state index in [0.717, 1.165) is 28.7 Å². The first-order valence-corrected chi connectivity index (χ1v) is 5.59. The number of hydrogen-bond donors (Lipinski definition) is 1.